The number of aromatic nitrogens is 3. The van der Waals surface area contributed by atoms with Crippen molar-refractivity contribution in [1.82, 2.24) is 20.7 Å². The number of rotatable bonds is 3. The fraction of sp³-hybridized carbons (Fsp3) is 0.182. The minimum Gasteiger partial charge on any atom is -0.508 e. The van der Waals surface area contributed by atoms with Gasteiger partial charge >= 0.3 is 0 Å². The van der Waals surface area contributed by atoms with Gasteiger partial charge in [-0.25, -0.2) is 0 Å². The van der Waals surface area contributed by atoms with Gasteiger partial charge in [0, 0.05) is 0 Å². The third kappa shape index (κ3) is 2.60. The standard InChI is InChI=1S/C11H12N4O2/c1-7(8-3-2-4-9(16)5-8)13-11(17)10-6-12-15-14-10/h2-7,16H,1H3,(H,13,17)(H,12,14,15). The molecule has 6 nitrogen and oxygen atoms in total. The van der Waals surface area contributed by atoms with Crippen LogP contribution in [-0.4, -0.2) is 26.4 Å². The Hall–Kier alpha value is -2.37. The fourth-order valence-electron chi connectivity index (χ4n) is 1.46. The minimum absolute atomic E-state index is 0.171. The molecule has 0 aliphatic carbocycles. The molecule has 1 aromatic heterocycles. The summed E-state index contributed by atoms with van der Waals surface area (Å²) in [7, 11) is 0. The van der Waals surface area contributed by atoms with E-state index in [0.29, 0.717) is 0 Å². The van der Waals surface area contributed by atoms with Crippen molar-refractivity contribution in [2.24, 2.45) is 0 Å². The SMILES string of the molecule is CC(NC(=O)c1cn[nH]n1)c1cccc(O)c1. The molecule has 0 aliphatic rings. The molecule has 6 heteroatoms. The summed E-state index contributed by atoms with van der Waals surface area (Å²) in [6.07, 6.45) is 1.35. The lowest BCUT2D eigenvalue weighted by Gasteiger charge is -2.13. The molecule has 1 heterocycles. The van der Waals surface area contributed by atoms with Crippen LogP contribution in [0.5, 0.6) is 5.75 Å². The summed E-state index contributed by atoms with van der Waals surface area (Å²) in [5.74, 6) is -0.139. The van der Waals surface area contributed by atoms with E-state index in [2.05, 4.69) is 20.7 Å². The Balaban J connectivity index is 2.07. The van der Waals surface area contributed by atoms with Crippen molar-refractivity contribution in [3.05, 3.63) is 41.7 Å². The number of hydrogen-bond donors (Lipinski definition) is 3. The molecule has 0 bridgehead atoms. The predicted octanol–water partition coefficient (Wildman–Crippen LogP) is 1.00. The van der Waals surface area contributed by atoms with Gasteiger partial charge in [-0.05, 0) is 24.6 Å². The number of aromatic hydroxyl groups is 1. The summed E-state index contributed by atoms with van der Waals surface area (Å²) in [5, 5.41) is 21.7. The summed E-state index contributed by atoms with van der Waals surface area (Å²) >= 11 is 0. The van der Waals surface area contributed by atoms with Gasteiger partial charge in [-0.15, -0.1) is 0 Å². The van der Waals surface area contributed by atoms with E-state index in [-0.39, 0.29) is 23.4 Å². The largest absolute Gasteiger partial charge is 0.508 e. The van der Waals surface area contributed by atoms with Gasteiger partial charge in [0.25, 0.3) is 5.91 Å². The lowest BCUT2D eigenvalue weighted by molar-refractivity contribution is 0.0934. The van der Waals surface area contributed by atoms with Crippen molar-refractivity contribution in [2.75, 3.05) is 0 Å². The van der Waals surface area contributed by atoms with Crippen LogP contribution < -0.4 is 5.32 Å². The summed E-state index contributed by atoms with van der Waals surface area (Å²) in [5.41, 5.74) is 1.05. The predicted molar refractivity (Wildman–Crippen MR) is 60.4 cm³/mol. The number of H-pyrrole nitrogens is 1. The first-order valence-electron chi connectivity index (χ1n) is 5.12. The first-order chi connectivity index (χ1) is 8.16. The molecular formula is C11H12N4O2. The summed E-state index contributed by atoms with van der Waals surface area (Å²) in [6.45, 7) is 1.83. The molecule has 3 N–H and O–H groups in total. The van der Waals surface area contributed by atoms with Crippen LogP contribution in [0.4, 0.5) is 0 Å². The number of benzene rings is 1. The van der Waals surface area contributed by atoms with Crippen molar-refractivity contribution < 1.29 is 9.90 Å². The summed E-state index contributed by atoms with van der Waals surface area (Å²) in [6, 6.07) is 6.52. The number of phenols is 1. The zero-order valence-corrected chi connectivity index (χ0v) is 9.21. The van der Waals surface area contributed by atoms with Crippen LogP contribution in [0.1, 0.15) is 29.0 Å². The molecule has 88 valence electrons. The van der Waals surface area contributed by atoms with Crippen molar-refractivity contribution in [3.63, 3.8) is 0 Å². The zero-order chi connectivity index (χ0) is 12.3. The maximum atomic E-state index is 11.7. The van der Waals surface area contributed by atoms with E-state index < -0.39 is 0 Å². The Labute approximate surface area is 97.7 Å². The Kier molecular flexibility index (Phi) is 3.04. The number of nitrogens with one attached hydrogen (secondary N) is 2. The molecule has 2 rings (SSSR count). The quantitative estimate of drug-likeness (QED) is 0.736. The van der Waals surface area contributed by atoms with Crippen LogP contribution in [0.25, 0.3) is 0 Å². The average molecular weight is 232 g/mol. The average Bonchev–Trinajstić information content (AvgIpc) is 2.82. The normalized spacial score (nSPS) is 12.1. The van der Waals surface area contributed by atoms with E-state index in [0.717, 1.165) is 5.56 Å². The maximum Gasteiger partial charge on any atom is 0.273 e. The highest BCUT2D eigenvalue weighted by atomic mass is 16.3. The highest BCUT2D eigenvalue weighted by Gasteiger charge is 2.13. The second-order valence-electron chi connectivity index (χ2n) is 3.65. The van der Waals surface area contributed by atoms with Crippen LogP contribution in [0, 0.1) is 0 Å². The van der Waals surface area contributed by atoms with Gasteiger partial charge in [0.05, 0.1) is 12.2 Å². The van der Waals surface area contributed by atoms with Gasteiger partial charge in [-0.2, -0.15) is 15.4 Å². The third-order valence-electron chi connectivity index (χ3n) is 2.37. The van der Waals surface area contributed by atoms with Crippen LogP contribution in [0.3, 0.4) is 0 Å². The Morgan fingerprint density at radius 2 is 2.35 bits per heavy atom. The number of nitrogens with zero attached hydrogens (tertiary/aromatic N) is 2. The third-order valence-corrected chi connectivity index (χ3v) is 2.37. The first-order valence-corrected chi connectivity index (χ1v) is 5.12. The first kappa shape index (κ1) is 11.1. The van der Waals surface area contributed by atoms with E-state index in [1.54, 1.807) is 18.2 Å². The molecule has 0 saturated carbocycles. The van der Waals surface area contributed by atoms with Crippen LogP contribution in [-0.2, 0) is 0 Å². The van der Waals surface area contributed by atoms with E-state index >= 15 is 0 Å². The van der Waals surface area contributed by atoms with E-state index in [1.807, 2.05) is 13.0 Å². The van der Waals surface area contributed by atoms with Gasteiger partial charge in [0.15, 0.2) is 5.69 Å². The molecule has 0 radical (unpaired) electrons. The molecule has 2 aromatic rings. The second kappa shape index (κ2) is 4.65. The number of aromatic amines is 1. The van der Waals surface area contributed by atoms with Crippen LogP contribution >= 0.6 is 0 Å². The van der Waals surface area contributed by atoms with Crippen molar-refractivity contribution >= 4 is 5.91 Å². The van der Waals surface area contributed by atoms with Crippen molar-refractivity contribution in [3.8, 4) is 5.75 Å². The number of amides is 1. The minimum atomic E-state index is -0.311. The highest BCUT2D eigenvalue weighted by Crippen LogP contribution is 2.17. The Morgan fingerprint density at radius 3 is 3.00 bits per heavy atom. The van der Waals surface area contributed by atoms with E-state index in [4.69, 9.17) is 0 Å². The van der Waals surface area contributed by atoms with Gasteiger partial charge in [0.1, 0.15) is 5.75 Å². The van der Waals surface area contributed by atoms with Crippen LogP contribution in [0.2, 0.25) is 0 Å². The molecule has 17 heavy (non-hydrogen) atoms. The number of carbonyl (C=O) groups is 1. The monoisotopic (exact) mass is 232 g/mol. The number of carbonyl (C=O) groups excluding carboxylic acids is 1. The highest BCUT2D eigenvalue weighted by molar-refractivity contribution is 5.92. The maximum absolute atomic E-state index is 11.7. The van der Waals surface area contributed by atoms with Gasteiger partial charge in [0.2, 0.25) is 0 Å². The van der Waals surface area contributed by atoms with Crippen molar-refractivity contribution in [1.29, 1.82) is 0 Å². The topological polar surface area (TPSA) is 90.9 Å². The lowest BCUT2D eigenvalue weighted by atomic mass is 10.1. The second-order valence-corrected chi connectivity index (χ2v) is 3.65. The number of phenolic OH excluding ortho intramolecular Hbond substituents is 1. The Morgan fingerprint density at radius 1 is 1.53 bits per heavy atom. The zero-order valence-electron chi connectivity index (χ0n) is 9.21. The number of hydrogen-bond acceptors (Lipinski definition) is 4. The lowest BCUT2D eigenvalue weighted by Crippen LogP contribution is -2.26. The van der Waals surface area contributed by atoms with Gasteiger partial charge in [-0.1, -0.05) is 12.1 Å². The summed E-state index contributed by atoms with van der Waals surface area (Å²) in [4.78, 5) is 11.7. The van der Waals surface area contributed by atoms with Gasteiger partial charge in [-0.3, -0.25) is 4.79 Å². The van der Waals surface area contributed by atoms with E-state index in [9.17, 15) is 9.90 Å². The van der Waals surface area contributed by atoms with Crippen molar-refractivity contribution in [2.45, 2.75) is 13.0 Å². The fourth-order valence-corrected chi connectivity index (χ4v) is 1.46. The van der Waals surface area contributed by atoms with Crippen LogP contribution in [0.15, 0.2) is 30.5 Å². The van der Waals surface area contributed by atoms with Gasteiger partial charge < -0.3 is 10.4 Å². The molecule has 1 atom stereocenters. The molecule has 0 spiro atoms. The molecule has 0 saturated heterocycles. The molecule has 0 fully saturated rings. The molecule has 1 aromatic carbocycles. The smallest absolute Gasteiger partial charge is 0.273 e. The van der Waals surface area contributed by atoms with E-state index in [1.165, 1.54) is 6.20 Å². The Bertz CT molecular complexity index is 510. The molecular weight excluding hydrogens is 220 g/mol. The molecule has 0 aliphatic heterocycles. The molecule has 1 unspecified atom stereocenters. The molecule has 1 amide bonds. The summed E-state index contributed by atoms with van der Waals surface area (Å²) < 4.78 is 0.